The van der Waals surface area contributed by atoms with Crippen LogP contribution in [0.25, 0.3) is 0 Å². The van der Waals surface area contributed by atoms with Gasteiger partial charge in [0.15, 0.2) is 0 Å². The number of carbonyl (C=O) groups is 1. The first kappa shape index (κ1) is 9.46. The van der Waals surface area contributed by atoms with Crippen molar-refractivity contribution in [1.29, 1.82) is 0 Å². The minimum atomic E-state index is 0.165. The standard InChI is InChI=1S/C10H16O2/c1-2-3-6-10(11)9-5-4-7-12-8-9/h2,9H,1,3-8H2. The maximum Gasteiger partial charge on any atom is 0.138 e. The lowest BCUT2D eigenvalue weighted by atomic mass is 9.95. The topological polar surface area (TPSA) is 26.3 Å². The van der Waals surface area contributed by atoms with E-state index < -0.39 is 0 Å². The molecule has 1 rings (SSSR count). The molecule has 1 unspecified atom stereocenters. The van der Waals surface area contributed by atoms with Gasteiger partial charge < -0.3 is 4.74 Å². The number of hydrogen-bond donors (Lipinski definition) is 0. The summed E-state index contributed by atoms with van der Waals surface area (Å²) in [6.07, 6.45) is 5.27. The molecule has 2 heteroatoms. The molecule has 0 N–H and O–H groups in total. The van der Waals surface area contributed by atoms with E-state index in [4.69, 9.17) is 4.74 Å². The van der Waals surface area contributed by atoms with Crippen molar-refractivity contribution in [3.8, 4) is 0 Å². The van der Waals surface area contributed by atoms with Crippen LogP contribution < -0.4 is 0 Å². The number of hydrogen-bond acceptors (Lipinski definition) is 2. The fourth-order valence-electron chi connectivity index (χ4n) is 1.44. The summed E-state index contributed by atoms with van der Waals surface area (Å²) in [5.41, 5.74) is 0. The van der Waals surface area contributed by atoms with Gasteiger partial charge in [0.05, 0.1) is 6.61 Å². The molecule has 0 radical (unpaired) electrons. The van der Waals surface area contributed by atoms with Gasteiger partial charge >= 0.3 is 0 Å². The molecule has 0 bridgehead atoms. The van der Waals surface area contributed by atoms with Crippen molar-refractivity contribution in [2.24, 2.45) is 5.92 Å². The van der Waals surface area contributed by atoms with Crippen LogP contribution in [0.1, 0.15) is 25.7 Å². The summed E-state index contributed by atoms with van der Waals surface area (Å²) in [5, 5.41) is 0. The zero-order valence-electron chi connectivity index (χ0n) is 7.42. The van der Waals surface area contributed by atoms with Crippen LogP contribution in [0.2, 0.25) is 0 Å². The third-order valence-electron chi connectivity index (χ3n) is 2.21. The molecule has 12 heavy (non-hydrogen) atoms. The smallest absolute Gasteiger partial charge is 0.138 e. The zero-order chi connectivity index (χ0) is 8.81. The Kier molecular flexibility index (Phi) is 4.01. The number of ether oxygens (including phenoxy) is 1. The maximum absolute atomic E-state index is 11.4. The van der Waals surface area contributed by atoms with Gasteiger partial charge in [-0.1, -0.05) is 6.08 Å². The molecule has 0 saturated carbocycles. The Hall–Kier alpha value is -0.630. The lowest BCUT2D eigenvalue weighted by Crippen LogP contribution is -2.24. The van der Waals surface area contributed by atoms with E-state index in [-0.39, 0.29) is 5.92 Å². The monoisotopic (exact) mass is 168 g/mol. The van der Waals surface area contributed by atoms with E-state index in [0.717, 1.165) is 25.9 Å². The van der Waals surface area contributed by atoms with Crippen LogP contribution in [0.5, 0.6) is 0 Å². The van der Waals surface area contributed by atoms with Crippen LogP contribution in [0.4, 0.5) is 0 Å². The second-order valence-corrected chi connectivity index (χ2v) is 3.21. The Morgan fingerprint density at radius 2 is 2.50 bits per heavy atom. The Morgan fingerprint density at radius 3 is 3.08 bits per heavy atom. The fourth-order valence-corrected chi connectivity index (χ4v) is 1.44. The second-order valence-electron chi connectivity index (χ2n) is 3.21. The molecule has 0 amide bonds. The third-order valence-corrected chi connectivity index (χ3v) is 2.21. The van der Waals surface area contributed by atoms with Crippen LogP contribution >= 0.6 is 0 Å². The van der Waals surface area contributed by atoms with E-state index in [1.807, 2.05) is 0 Å². The van der Waals surface area contributed by atoms with Crippen LogP contribution in [0.3, 0.4) is 0 Å². The lowest BCUT2D eigenvalue weighted by Gasteiger charge is -2.20. The summed E-state index contributed by atoms with van der Waals surface area (Å²) in [6.45, 7) is 5.05. The van der Waals surface area contributed by atoms with Gasteiger partial charge in [-0.15, -0.1) is 6.58 Å². The molecule has 1 saturated heterocycles. The number of carbonyl (C=O) groups excluding carboxylic acids is 1. The first-order chi connectivity index (χ1) is 5.84. The Labute approximate surface area is 73.6 Å². The Bertz CT molecular complexity index is 157. The van der Waals surface area contributed by atoms with Gasteiger partial charge in [-0.25, -0.2) is 0 Å². The number of ketones is 1. The van der Waals surface area contributed by atoms with E-state index >= 15 is 0 Å². The van der Waals surface area contributed by atoms with Crippen LogP contribution in [0.15, 0.2) is 12.7 Å². The van der Waals surface area contributed by atoms with Gasteiger partial charge in [-0.05, 0) is 19.3 Å². The van der Waals surface area contributed by atoms with Crippen molar-refractivity contribution in [3.63, 3.8) is 0 Å². The average Bonchev–Trinajstić information content (AvgIpc) is 2.15. The summed E-state index contributed by atoms with van der Waals surface area (Å²) >= 11 is 0. The van der Waals surface area contributed by atoms with Crippen molar-refractivity contribution >= 4 is 5.78 Å². The largest absolute Gasteiger partial charge is 0.381 e. The van der Waals surface area contributed by atoms with Gasteiger partial charge in [0.25, 0.3) is 0 Å². The van der Waals surface area contributed by atoms with E-state index in [2.05, 4.69) is 6.58 Å². The fraction of sp³-hybridized carbons (Fsp3) is 0.700. The molecule has 1 fully saturated rings. The third kappa shape index (κ3) is 2.78. The van der Waals surface area contributed by atoms with E-state index in [9.17, 15) is 4.79 Å². The van der Waals surface area contributed by atoms with Gasteiger partial charge in [0, 0.05) is 18.9 Å². The summed E-state index contributed by atoms with van der Waals surface area (Å²) in [4.78, 5) is 11.4. The molecule has 0 aromatic heterocycles. The molecule has 1 aliphatic heterocycles. The lowest BCUT2D eigenvalue weighted by molar-refractivity contribution is -0.126. The van der Waals surface area contributed by atoms with E-state index in [1.165, 1.54) is 0 Å². The van der Waals surface area contributed by atoms with Crippen molar-refractivity contribution in [2.75, 3.05) is 13.2 Å². The highest BCUT2D eigenvalue weighted by Crippen LogP contribution is 2.16. The van der Waals surface area contributed by atoms with Crippen LogP contribution in [-0.2, 0) is 9.53 Å². The molecule has 0 spiro atoms. The van der Waals surface area contributed by atoms with Crippen LogP contribution in [0, 0.1) is 5.92 Å². The molecule has 1 atom stereocenters. The maximum atomic E-state index is 11.4. The van der Waals surface area contributed by atoms with Gasteiger partial charge in [0.2, 0.25) is 0 Å². The summed E-state index contributed by atoms with van der Waals surface area (Å²) in [6, 6.07) is 0. The molecular formula is C10H16O2. The normalized spacial score (nSPS) is 23.5. The van der Waals surface area contributed by atoms with Gasteiger partial charge in [-0.3, -0.25) is 4.79 Å². The number of allylic oxidation sites excluding steroid dienone is 1. The minimum absolute atomic E-state index is 0.165. The first-order valence-electron chi connectivity index (χ1n) is 4.56. The summed E-state index contributed by atoms with van der Waals surface area (Å²) in [7, 11) is 0. The summed E-state index contributed by atoms with van der Waals surface area (Å²) in [5.74, 6) is 0.508. The predicted molar refractivity (Wildman–Crippen MR) is 48.0 cm³/mol. The molecule has 68 valence electrons. The highest BCUT2D eigenvalue weighted by Gasteiger charge is 2.20. The molecule has 1 heterocycles. The van der Waals surface area contributed by atoms with Crippen LogP contribution in [-0.4, -0.2) is 19.0 Å². The molecule has 0 aliphatic carbocycles. The van der Waals surface area contributed by atoms with Crippen molar-refractivity contribution in [3.05, 3.63) is 12.7 Å². The Morgan fingerprint density at radius 1 is 1.67 bits per heavy atom. The number of rotatable bonds is 4. The molecular weight excluding hydrogens is 152 g/mol. The highest BCUT2D eigenvalue weighted by atomic mass is 16.5. The van der Waals surface area contributed by atoms with Gasteiger partial charge in [0.1, 0.15) is 5.78 Å². The summed E-state index contributed by atoms with van der Waals surface area (Å²) < 4.78 is 5.24. The predicted octanol–water partition coefficient (Wildman–Crippen LogP) is 1.95. The number of Topliss-reactive ketones (excluding diaryl/α,β-unsaturated/α-hetero) is 1. The highest BCUT2D eigenvalue weighted by molar-refractivity contribution is 5.81. The van der Waals surface area contributed by atoms with Gasteiger partial charge in [-0.2, -0.15) is 0 Å². The second kappa shape index (κ2) is 5.09. The quantitative estimate of drug-likeness (QED) is 0.600. The molecule has 0 aromatic rings. The SMILES string of the molecule is C=CCCC(=O)C1CCCOC1. The van der Waals surface area contributed by atoms with Crippen molar-refractivity contribution in [1.82, 2.24) is 0 Å². The van der Waals surface area contributed by atoms with Crippen molar-refractivity contribution < 1.29 is 9.53 Å². The average molecular weight is 168 g/mol. The van der Waals surface area contributed by atoms with E-state index in [1.54, 1.807) is 6.08 Å². The van der Waals surface area contributed by atoms with Crippen molar-refractivity contribution in [2.45, 2.75) is 25.7 Å². The van der Waals surface area contributed by atoms with E-state index in [0.29, 0.717) is 18.8 Å². The molecule has 2 nitrogen and oxygen atoms in total. The Balaban J connectivity index is 2.24. The zero-order valence-corrected chi connectivity index (χ0v) is 7.42. The first-order valence-corrected chi connectivity index (χ1v) is 4.56. The molecule has 1 aliphatic rings. The minimum Gasteiger partial charge on any atom is -0.381 e. The molecule has 0 aromatic carbocycles.